The van der Waals surface area contributed by atoms with E-state index >= 15 is 0 Å². The molecule has 0 atom stereocenters. The summed E-state index contributed by atoms with van der Waals surface area (Å²) in [4.78, 5) is 15.6. The van der Waals surface area contributed by atoms with Crippen LogP contribution in [0.3, 0.4) is 0 Å². The van der Waals surface area contributed by atoms with E-state index in [0.717, 1.165) is 82.8 Å². The third-order valence-electron chi connectivity index (χ3n) is 15.4. The van der Waals surface area contributed by atoms with Crippen LogP contribution in [0.2, 0.25) is 0 Å². The van der Waals surface area contributed by atoms with Gasteiger partial charge in [0.2, 0.25) is 0 Å². The zero-order valence-corrected chi connectivity index (χ0v) is 41.2. The number of aromatic nitrogens is 5. The smallest absolute Gasteiger partial charge is 0.164 e. The lowest BCUT2D eigenvalue weighted by atomic mass is 9.82. The van der Waals surface area contributed by atoms with Crippen molar-refractivity contribution in [3.05, 3.63) is 235 Å². The van der Waals surface area contributed by atoms with Crippen LogP contribution in [0.1, 0.15) is 30.5 Å². The molecule has 1 aliphatic carbocycles. The fourth-order valence-electron chi connectivity index (χ4n) is 11.9. The fraction of sp³-hybridized carbons (Fsp3) is 0.0448. The largest absolute Gasteiger partial charge is 0.309 e. The summed E-state index contributed by atoms with van der Waals surface area (Å²) >= 11 is 1.79. The highest BCUT2D eigenvalue weighted by Gasteiger charge is 2.35. The second-order valence-corrected chi connectivity index (χ2v) is 20.9. The molecule has 0 saturated heterocycles. The van der Waals surface area contributed by atoms with E-state index in [-0.39, 0.29) is 5.41 Å². The minimum Gasteiger partial charge on any atom is -0.309 e. The zero-order chi connectivity index (χ0) is 49.2. The van der Waals surface area contributed by atoms with Crippen molar-refractivity contribution < 1.29 is 0 Å². The van der Waals surface area contributed by atoms with Crippen LogP contribution in [-0.2, 0) is 5.41 Å². The zero-order valence-electron chi connectivity index (χ0n) is 40.4. The number of hydrogen-bond acceptors (Lipinski definition) is 5. The molecule has 0 fully saturated rings. The van der Waals surface area contributed by atoms with Crippen molar-refractivity contribution in [2.45, 2.75) is 19.3 Å². The highest BCUT2D eigenvalue weighted by atomic mass is 32.1. The molecule has 10 aromatic carbocycles. The van der Waals surface area contributed by atoms with Crippen LogP contribution in [0.15, 0.2) is 218 Å². The summed E-state index contributed by atoms with van der Waals surface area (Å²) in [5.41, 5.74) is 16.6. The molecule has 0 radical (unpaired) electrons. The van der Waals surface area contributed by atoms with E-state index in [1.807, 2.05) is 12.1 Å². The van der Waals surface area contributed by atoms with Gasteiger partial charge >= 0.3 is 0 Å². The quantitative estimate of drug-likeness (QED) is 0.166. The first-order valence-corrected chi connectivity index (χ1v) is 25.8. The predicted octanol–water partition coefficient (Wildman–Crippen LogP) is 17.3. The first-order valence-electron chi connectivity index (χ1n) is 25.0. The van der Waals surface area contributed by atoms with Gasteiger partial charge in [0.05, 0.1) is 33.3 Å². The van der Waals surface area contributed by atoms with Crippen molar-refractivity contribution in [3.63, 3.8) is 0 Å². The molecule has 4 heterocycles. The van der Waals surface area contributed by atoms with Gasteiger partial charge in [-0.25, -0.2) is 15.0 Å². The molecule has 4 aromatic heterocycles. The monoisotopic (exact) mass is 962 g/mol. The first kappa shape index (κ1) is 42.2. The van der Waals surface area contributed by atoms with Gasteiger partial charge in [-0.1, -0.05) is 159 Å². The average molecular weight is 963 g/mol. The number of para-hydroxylation sites is 2. The van der Waals surface area contributed by atoms with Gasteiger partial charge in [0.1, 0.15) is 6.07 Å². The number of nitriles is 1. The molecule has 0 amide bonds. The van der Waals surface area contributed by atoms with Gasteiger partial charge in [-0.15, -0.1) is 11.3 Å². The number of thiophene rings is 1. The van der Waals surface area contributed by atoms with Crippen molar-refractivity contribution >= 4 is 75.1 Å². The summed E-state index contributed by atoms with van der Waals surface area (Å²) in [6.07, 6.45) is 0. The molecule has 0 spiro atoms. The topological polar surface area (TPSA) is 72.3 Å². The highest BCUT2D eigenvalue weighted by molar-refractivity contribution is 7.25. The Morgan fingerprint density at radius 3 is 1.81 bits per heavy atom. The van der Waals surface area contributed by atoms with Gasteiger partial charge in [-0.05, 0) is 106 Å². The van der Waals surface area contributed by atoms with Crippen LogP contribution < -0.4 is 0 Å². The van der Waals surface area contributed by atoms with E-state index in [9.17, 15) is 5.26 Å². The summed E-state index contributed by atoms with van der Waals surface area (Å²) < 4.78 is 7.17. The fourth-order valence-corrected chi connectivity index (χ4v) is 13.0. The van der Waals surface area contributed by atoms with Crippen LogP contribution >= 0.6 is 11.3 Å². The van der Waals surface area contributed by atoms with Gasteiger partial charge in [0.15, 0.2) is 17.5 Å². The van der Waals surface area contributed by atoms with Crippen LogP contribution in [0.4, 0.5) is 0 Å². The first-order chi connectivity index (χ1) is 36.4. The summed E-state index contributed by atoms with van der Waals surface area (Å²) in [6.45, 7) is 4.67. The minimum atomic E-state index is -0.146. The molecule has 14 aromatic rings. The van der Waals surface area contributed by atoms with Crippen LogP contribution in [0.5, 0.6) is 0 Å². The van der Waals surface area contributed by atoms with Gasteiger partial charge in [0, 0.05) is 69.5 Å². The highest BCUT2D eigenvalue weighted by Crippen LogP contribution is 2.50. The molecule has 6 nitrogen and oxygen atoms in total. The van der Waals surface area contributed by atoms with Crippen molar-refractivity contribution in [1.29, 1.82) is 5.26 Å². The van der Waals surface area contributed by atoms with Crippen molar-refractivity contribution in [1.82, 2.24) is 24.1 Å². The van der Waals surface area contributed by atoms with E-state index in [4.69, 9.17) is 15.0 Å². The Labute approximate surface area is 430 Å². The second-order valence-electron chi connectivity index (χ2n) is 19.9. The molecule has 0 N–H and O–H groups in total. The van der Waals surface area contributed by atoms with E-state index in [2.05, 4.69) is 235 Å². The molecule has 0 unspecified atom stereocenters. The number of nitrogens with zero attached hydrogens (tertiary/aromatic N) is 6. The molecule has 74 heavy (non-hydrogen) atoms. The van der Waals surface area contributed by atoms with Crippen molar-refractivity contribution in [2.24, 2.45) is 0 Å². The molecule has 0 aliphatic heterocycles. The molecule has 0 saturated carbocycles. The molecule has 0 bridgehead atoms. The van der Waals surface area contributed by atoms with Crippen molar-refractivity contribution in [3.8, 4) is 73.9 Å². The summed E-state index contributed by atoms with van der Waals surface area (Å²) in [5.74, 6) is 1.61. The Morgan fingerprint density at radius 1 is 0.419 bits per heavy atom. The Bertz CT molecular complexity index is 4700. The third-order valence-corrected chi connectivity index (χ3v) is 16.6. The summed E-state index contributed by atoms with van der Waals surface area (Å²) in [7, 11) is 0. The Kier molecular flexibility index (Phi) is 9.14. The molecule has 346 valence electrons. The number of benzene rings is 10. The van der Waals surface area contributed by atoms with E-state index in [1.54, 1.807) is 11.3 Å². The molecular weight excluding hydrogens is 921 g/mol. The van der Waals surface area contributed by atoms with Crippen LogP contribution in [0, 0.1) is 11.3 Å². The Morgan fingerprint density at radius 2 is 1.01 bits per heavy atom. The summed E-state index contributed by atoms with van der Waals surface area (Å²) in [6, 6.07) is 80.0. The molecule has 7 heteroatoms. The minimum absolute atomic E-state index is 0.146. The Hall–Kier alpha value is -9.48. The van der Waals surface area contributed by atoms with Crippen LogP contribution in [0.25, 0.3) is 132 Å². The van der Waals surface area contributed by atoms with Gasteiger partial charge in [-0.3, -0.25) is 0 Å². The van der Waals surface area contributed by atoms with Gasteiger partial charge in [0.25, 0.3) is 0 Å². The predicted molar refractivity (Wildman–Crippen MR) is 305 cm³/mol. The van der Waals surface area contributed by atoms with E-state index in [0.29, 0.717) is 23.0 Å². The third kappa shape index (κ3) is 6.25. The number of fused-ring (bicyclic) bond motifs is 13. The second kappa shape index (κ2) is 16.0. The molecule has 1 aliphatic rings. The molecular formula is C67H42N6S. The van der Waals surface area contributed by atoms with E-state index < -0.39 is 0 Å². The lowest BCUT2D eigenvalue weighted by molar-refractivity contribution is 0.660. The lowest BCUT2D eigenvalue weighted by Gasteiger charge is -2.22. The standard InChI is InChI=1S/C67H42N6S/c1-67(2)54-20-10-6-16-47(54)48-31-30-46(38-55(48)67)72-58-22-12-8-19-52(58)62-59(72)34-32-51-49-17-7-11-21-57(49)73(63(51)62)56-33-28-43(36-45(56)39-68)65-69-64(42-26-24-41(25-27-42)40-14-4-3-5-15-40)70-66(71-65)44-29-35-61-53(37-44)50-18-9-13-23-60(50)74-61/h3-38H,1-2H3. The summed E-state index contributed by atoms with van der Waals surface area (Å²) in [5, 5.41) is 18.2. The maximum atomic E-state index is 11.3. The Balaban J connectivity index is 0.918. The SMILES string of the molecule is CC1(C)c2ccccc2-c2ccc(-n3c4ccccc4c4c3ccc3c5ccccc5n(-c5ccc(-c6nc(-c7ccc(-c8ccccc8)cc7)nc(-c7ccc8sc9ccccc9c8c7)n6)cc5C#N)c34)cc21. The van der Waals surface area contributed by atoms with E-state index in [1.165, 1.54) is 42.4 Å². The maximum absolute atomic E-state index is 11.3. The number of hydrogen-bond donors (Lipinski definition) is 0. The average Bonchev–Trinajstić information content (AvgIpc) is 4.24. The lowest BCUT2D eigenvalue weighted by Crippen LogP contribution is -2.15. The molecule has 15 rings (SSSR count). The maximum Gasteiger partial charge on any atom is 0.164 e. The van der Waals surface area contributed by atoms with Gasteiger partial charge in [-0.2, -0.15) is 5.26 Å². The number of rotatable bonds is 6. The van der Waals surface area contributed by atoms with Crippen LogP contribution in [-0.4, -0.2) is 24.1 Å². The van der Waals surface area contributed by atoms with Crippen molar-refractivity contribution in [2.75, 3.05) is 0 Å². The normalized spacial score (nSPS) is 12.8. The van der Waals surface area contributed by atoms with Gasteiger partial charge < -0.3 is 9.13 Å².